The van der Waals surface area contributed by atoms with Crippen LogP contribution in [-0.2, 0) is 22.8 Å². The Balaban J connectivity index is 1.32. The molecule has 2 saturated heterocycles. The molecule has 9 nitrogen and oxygen atoms in total. The number of nitrogens with zero attached hydrogens (tertiary/aromatic N) is 4. The van der Waals surface area contributed by atoms with Crippen LogP contribution in [-0.4, -0.2) is 60.3 Å². The van der Waals surface area contributed by atoms with Gasteiger partial charge in [0.2, 0.25) is 5.95 Å². The molecule has 1 spiro atoms. The molecule has 0 aromatic carbocycles. The van der Waals surface area contributed by atoms with Gasteiger partial charge in [-0.1, -0.05) is 11.8 Å². The third kappa shape index (κ3) is 4.62. The van der Waals surface area contributed by atoms with Crippen LogP contribution >= 0.6 is 11.8 Å². The number of anilines is 1. The molecule has 11 heteroatoms. The normalized spacial score (nSPS) is 23.0. The Bertz CT molecular complexity index is 1340. The summed E-state index contributed by atoms with van der Waals surface area (Å²) < 4.78 is 23.6. The number of ether oxygens (including phenoxy) is 1. The topological polar surface area (TPSA) is 105 Å². The Morgan fingerprint density at radius 3 is 2.69 bits per heavy atom. The van der Waals surface area contributed by atoms with Crippen LogP contribution in [0.5, 0.6) is 0 Å². The number of hydrogen-bond donors (Lipinski definition) is 2. The Labute approximate surface area is 218 Å². The average Bonchev–Trinajstić information content (AvgIpc) is 3.44. The van der Waals surface area contributed by atoms with Crippen molar-refractivity contribution in [3.8, 4) is 0 Å². The molecule has 0 bridgehead atoms. The summed E-state index contributed by atoms with van der Waals surface area (Å²) in [4.78, 5) is 29.1. The minimum Gasteiger partial charge on any atom is -0.376 e. The van der Waals surface area contributed by atoms with Crippen molar-refractivity contribution in [1.82, 2.24) is 24.2 Å². The van der Waals surface area contributed by atoms with Crippen LogP contribution in [0.25, 0.3) is 11.0 Å². The number of aromatic nitrogens is 4. The van der Waals surface area contributed by atoms with E-state index in [1.54, 1.807) is 24.0 Å². The molecule has 0 unspecified atom stereocenters. The predicted octanol–water partition coefficient (Wildman–Crippen LogP) is 3.23. The monoisotopic (exact) mass is 530 g/mol. The molecular formula is C25H34N6O3S2. The summed E-state index contributed by atoms with van der Waals surface area (Å²) in [6, 6.07) is 3.91. The lowest BCUT2D eigenvalue weighted by atomic mass is 9.73. The number of fused-ring (bicyclic) bond motifs is 1. The number of pyridine rings is 1. The van der Waals surface area contributed by atoms with Gasteiger partial charge in [0.25, 0.3) is 5.56 Å². The number of rotatable bonds is 5. The van der Waals surface area contributed by atoms with Crippen LogP contribution in [0.1, 0.15) is 40.5 Å². The lowest BCUT2D eigenvalue weighted by Crippen LogP contribution is -2.55. The summed E-state index contributed by atoms with van der Waals surface area (Å²) in [5, 5.41) is 0.985. The molecule has 2 aliphatic heterocycles. The summed E-state index contributed by atoms with van der Waals surface area (Å²) in [7, 11) is 0.624. The number of hydrogen-bond acceptors (Lipinski definition) is 7. The quantitative estimate of drug-likeness (QED) is 0.522. The Morgan fingerprint density at radius 2 is 1.97 bits per heavy atom. The van der Waals surface area contributed by atoms with Crippen molar-refractivity contribution in [2.75, 3.05) is 24.6 Å². The largest absolute Gasteiger partial charge is 0.376 e. The van der Waals surface area contributed by atoms with Gasteiger partial charge in [0.1, 0.15) is 5.65 Å². The molecule has 0 amide bonds. The van der Waals surface area contributed by atoms with E-state index in [0.717, 1.165) is 41.9 Å². The number of nitrogens with one attached hydrogen (secondary N) is 2. The second-order valence-corrected chi connectivity index (χ2v) is 13.9. The van der Waals surface area contributed by atoms with Crippen LogP contribution in [0.3, 0.4) is 0 Å². The van der Waals surface area contributed by atoms with E-state index in [1.807, 2.05) is 39.1 Å². The molecule has 0 saturated carbocycles. The van der Waals surface area contributed by atoms with Gasteiger partial charge in [0.15, 0.2) is 0 Å². The minimum atomic E-state index is -1.16. The van der Waals surface area contributed by atoms with E-state index in [2.05, 4.69) is 26.5 Å². The third-order valence-electron chi connectivity index (χ3n) is 7.35. The fraction of sp³-hybridized carbons (Fsp3) is 0.560. The van der Waals surface area contributed by atoms with Crippen molar-refractivity contribution in [1.29, 1.82) is 0 Å². The summed E-state index contributed by atoms with van der Waals surface area (Å²) in [5.74, 6) is 0.676. The van der Waals surface area contributed by atoms with Gasteiger partial charge >= 0.3 is 0 Å². The van der Waals surface area contributed by atoms with Gasteiger partial charge in [0, 0.05) is 48.2 Å². The zero-order valence-electron chi connectivity index (χ0n) is 21.4. The summed E-state index contributed by atoms with van der Waals surface area (Å²) in [6.45, 7) is 10.2. The van der Waals surface area contributed by atoms with Crippen LogP contribution in [0.4, 0.5) is 5.95 Å². The van der Waals surface area contributed by atoms with Crippen LogP contribution in [0.15, 0.2) is 45.3 Å². The summed E-state index contributed by atoms with van der Waals surface area (Å²) in [5.41, 5.74) is 0.658. The Kier molecular flexibility index (Phi) is 6.78. The lowest BCUT2D eigenvalue weighted by molar-refractivity contribution is 0.0972. The predicted molar refractivity (Wildman–Crippen MR) is 144 cm³/mol. The second-order valence-electron chi connectivity index (χ2n) is 10.8. The maximum Gasteiger partial charge on any atom is 0.268 e. The second kappa shape index (κ2) is 9.59. The molecule has 2 N–H and O–H groups in total. The average molecular weight is 531 g/mol. The molecule has 5 heterocycles. The van der Waals surface area contributed by atoms with Gasteiger partial charge in [-0.25, -0.2) is 18.9 Å². The van der Waals surface area contributed by atoms with E-state index < -0.39 is 11.0 Å². The third-order valence-corrected chi connectivity index (χ3v) is 10.0. The Morgan fingerprint density at radius 1 is 1.22 bits per heavy atom. The fourth-order valence-electron chi connectivity index (χ4n) is 5.12. The van der Waals surface area contributed by atoms with Crippen molar-refractivity contribution in [3.63, 3.8) is 0 Å². The van der Waals surface area contributed by atoms with E-state index in [1.165, 1.54) is 11.8 Å². The van der Waals surface area contributed by atoms with Gasteiger partial charge in [-0.2, -0.15) is 0 Å². The van der Waals surface area contributed by atoms with Gasteiger partial charge in [-0.05, 0) is 52.7 Å². The van der Waals surface area contributed by atoms with E-state index in [4.69, 9.17) is 9.72 Å². The van der Waals surface area contributed by atoms with Gasteiger partial charge < -0.3 is 14.6 Å². The highest BCUT2D eigenvalue weighted by Crippen LogP contribution is 2.43. The molecule has 3 aromatic rings. The zero-order chi connectivity index (χ0) is 25.7. The van der Waals surface area contributed by atoms with E-state index in [9.17, 15) is 9.00 Å². The molecular weight excluding hydrogens is 496 g/mol. The SMILES string of the molecule is C[C@@H]1OCC2(CCN(c3ncc(Sc4ccnc5[nH]ccc45)c(=O)n3C)CC2)[C@@H]1N[S@](=O)C(C)(C)C. The molecule has 3 aromatic heterocycles. The standard InChI is InChI=1S/C25H34N6O3S2/c1-16-20(29-36(33)24(2,3)4)25(15-34-16)8-12-31(13-9-25)23-28-14-19(22(32)30(23)5)35-18-7-11-27-21-17(18)6-10-26-21/h6-7,10-11,14,16,20,29H,8-9,12-13,15H2,1-5H3,(H,26,27)/t16-,20+,36+/m0/s1. The van der Waals surface area contributed by atoms with Crippen molar-refractivity contribution in [2.45, 2.75) is 67.2 Å². The molecule has 5 rings (SSSR count). The van der Waals surface area contributed by atoms with E-state index in [-0.39, 0.29) is 27.9 Å². The molecule has 0 aliphatic carbocycles. The van der Waals surface area contributed by atoms with Crippen LogP contribution in [0.2, 0.25) is 0 Å². The van der Waals surface area contributed by atoms with Gasteiger partial charge in [-0.3, -0.25) is 9.36 Å². The van der Waals surface area contributed by atoms with Crippen molar-refractivity contribution in [3.05, 3.63) is 41.1 Å². The first-order chi connectivity index (χ1) is 17.1. The number of H-pyrrole nitrogens is 1. The van der Waals surface area contributed by atoms with Crippen LogP contribution in [0, 0.1) is 5.41 Å². The maximum absolute atomic E-state index is 13.3. The molecule has 2 aliphatic rings. The smallest absolute Gasteiger partial charge is 0.268 e. The van der Waals surface area contributed by atoms with Crippen LogP contribution < -0.4 is 15.2 Å². The molecule has 2 fully saturated rings. The lowest BCUT2D eigenvalue weighted by Gasteiger charge is -2.43. The van der Waals surface area contributed by atoms with E-state index >= 15 is 0 Å². The molecule has 36 heavy (non-hydrogen) atoms. The number of piperidine rings is 1. The van der Waals surface area contributed by atoms with E-state index in [0.29, 0.717) is 17.5 Å². The summed E-state index contributed by atoms with van der Waals surface area (Å²) >= 11 is 1.41. The van der Waals surface area contributed by atoms with Gasteiger partial charge in [0.05, 0.1) is 45.6 Å². The van der Waals surface area contributed by atoms with Crippen molar-refractivity contribution < 1.29 is 8.95 Å². The highest BCUT2D eigenvalue weighted by atomic mass is 32.2. The zero-order valence-corrected chi connectivity index (χ0v) is 23.0. The number of aromatic amines is 1. The maximum atomic E-state index is 13.3. The molecule has 0 radical (unpaired) electrons. The Hall–Kier alpha value is -2.21. The van der Waals surface area contributed by atoms with Gasteiger partial charge in [-0.15, -0.1) is 0 Å². The molecule has 3 atom stereocenters. The first kappa shape index (κ1) is 25.4. The summed E-state index contributed by atoms with van der Waals surface area (Å²) in [6.07, 6.45) is 7.03. The highest BCUT2D eigenvalue weighted by molar-refractivity contribution is 7.99. The first-order valence-electron chi connectivity index (χ1n) is 12.3. The highest BCUT2D eigenvalue weighted by Gasteiger charge is 2.50. The minimum absolute atomic E-state index is 0.00122. The van der Waals surface area contributed by atoms with Crippen molar-refractivity contribution in [2.24, 2.45) is 12.5 Å². The van der Waals surface area contributed by atoms with Crippen molar-refractivity contribution >= 4 is 39.7 Å². The molecule has 194 valence electrons. The first-order valence-corrected chi connectivity index (χ1v) is 14.3. The fourth-order valence-corrected chi connectivity index (χ4v) is 7.12.